The minimum Gasteiger partial charge on any atom is -0.462 e. The standard InChI is InChI=1S/C15H5Br2ClO4/c16-10-11(17)15-9(13(20)14(10)21)8(5-22-15)12(19)6-1-3-7(18)4-2-6/h1-5H. The summed E-state index contributed by atoms with van der Waals surface area (Å²) < 4.78 is 5.68. The maximum absolute atomic E-state index is 12.5. The van der Waals surface area contributed by atoms with Crippen LogP contribution in [0.4, 0.5) is 0 Å². The molecule has 0 spiro atoms. The van der Waals surface area contributed by atoms with E-state index in [0.29, 0.717) is 15.1 Å². The molecule has 0 saturated heterocycles. The highest BCUT2D eigenvalue weighted by molar-refractivity contribution is 9.16. The van der Waals surface area contributed by atoms with Crippen LogP contribution in [-0.2, 0) is 4.79 Å². The van der Waals surface area contributed by atoms with E-state index in [4.69, 9.17) is 16.0 Å². The zero-order valence-electron chi connectivity index (χ0n) is 10.7. The minimum atomic E-state index is -0.781. The number of allylic oxidation sites excluding steroid dienone is 1. The fraction of sp³-hybridized carbons (Fsp3) is 0. The van der Waals surface area contributed by atoms with Gasteiger partial charge in [0.1, 0.15) is 6.26 Å². The van der Waals surface area contributed by atoms with Crippen molar-refractivity contribution in [2.24, 2.45) is 0 Å². The molecule has 0 bridgehead atoms. The maximum Gasteiger partial charge on any atom is 0.241 e. The molecular formula is C15H5Br2ClO4. The topological polar surface area (TPSA) is 64.3 Å². The number of hydrogen-bond acceptors (Lipinski definition) is 4. The number of Topliss-reactive ketones (excluding diaryl/α,β-unsaturated/α-hetero) is 2. The van der Waals surface area contributed by atoms with E-state index in [1.807, 2.05) is 0 Å². The third-order valence-electron chi connectivity index (χ3n) is 3.17. The summed E-state index contributed by atoms with van der Waals surface area (Å²) in [5, 5.41) is 0.492. The maximum atomic E-state index is 12.5. The van der Waals surface area contributed by atoms with E-state index in [1.165, 1.54) is 6.26 Å². The molecule has 1 aromatic heterocycles. The highest BCUT2D eigenvalue weighted by Gasteiger charge is 2.37. The van der Waals surface area contributed by atoms with E-state index >= 15 is 0 Å². The first-order valence-corrected chi connectivity index (χ1v) is 7.94. The smallest absolute Gasteiger partial charge is 0.241 e. The summed E-state index contributed by atoms with van der Waals surface area (Å²) >= 11 is 12.0. The Bertz CT molecular complexity index is 862. The second-order valence-corrected chi connectivity index (χ2v) is 6.50. The first-order valence-electron chi connectivity index (χ1n) is 5.98. The first-order chi connectivity index (χ1) is 10.4. The van der Waals surface area contributed by atoms with Gasteiger partial charge in [0.2, 0.25) is 11.6 Å². The van der Waals surface area contributed by atoms with Crippen LogP contribution >= 0.6 is 43.5 Å². The summed E-state index contributed by atoms with van der Waals surface area (Å²) in [6.45, 7) is 0. The monoisotopic (exact) mass is 442 g/mol. The van der Waals surface area contributed by atoms with E-state index in [0.717, 1.165) is 0 Å². The number of carbonyl (C=O) groups excluding carboxylic acids is 3. The summed E-state index contributed by atoms with van der Waals surface area (Å²) in [5.74, 6) is -1.77. The van der Waals surface area contributed by atoms with Gasteiger partial charge in [-0.05, 0) is 56.1 Å². The van der Waals surface area contributed by atoms with E-state index in [9.17, 15) is 14.4 Å². The molecule has 22 heavy (non-hydrogen) atoms. The predicted octanol–water partition coefficient (Wildman–Crippen LogP) is 4.39. The fourth-order valence-corrected chi connectivity index (χ4v) is 3.04. The lowest BCUT2D eigenvalue weighted by Gasteiger charge is -2.10. The zero-order valence-corrected chi connectivity index (χ0v) is 14.6. The van der Waals surface area contributed by atoms with E-state index in [1.54, 1.807) is 24.3 Å². The first kappa shape index (κ1) is 15.4. The van der Waals surface area contributed by atoms with Crippen molar-refractivity contribution in [1.82, 2.24) is 0 Å². The van der Waals surface area contributed by atoms with Crippen molar-refractivity contribution in [3.63, 3.8) is 0 Å². The molecule has 3 rings (SSSR count). The Morgan fingerprint density at radius 1 is 1.00 bits per heavy atom. The molecule has 0 atom stereocenters. The van der Waals surface area contributed by atoms with Crippen molar-refractivity contribution >= 4 is 65.3 Å². The van der Waals surface area contributed by atoms with Crippen LogP contribution in [0.5, 0.6) is 0 Å². The number of carbonyl (C=O) groups is 3. The van der Waals surface area contributed by atoms with Crippen molar-refractivity contribution in [2.75, 3.05) is 0 Å². The zero-order chi connectivity index (χ0) is 16.0. The summed E-state index contributed by atoms with van der Waals surface area (Å²) in [5.41, 5.74) is 0.366. The van der Waals surface area contributed by atoms with Crippen LogP contribution in [0.2, 0.25) is 5.02 Å². The molecule has 1 aliphatic carbocycles. The SMILES string of the molecule is O=C1C(=O)c2c(C(=O)c3ccc(Cl)cc3)coc2C(Br)=C1Br. The highest BCUT2D eigenvalue weighted by atomic mass is 79.9. The normalized spacial score (nSPS) is 14.3. The average molecular weight is 444 g/mol. The van der Waals surface area contributed by atoms with Gasteiger partial charge in [0.05, 0.1) is 20.1 Å². The van der Waals surface area contributed by atoms with Crippen molar-refractivity contribution < 1.29 is 18.8 Å². The van der Waals surface area contributed by atoms with Crippen LogP contribution in [0.1, 0.15) is 32.0 Å². The fourth-order valence-electron chi connectivity index (χ4n) is 2.08. The second kappa shape index (κ2) is 5.61. The molecule has 1 aliphatic rings. The van der Waals surface area contributed by atoms with Crippen molar-refractivity contribution in [3.05, 3.63) is 62.5 Å². The van der Waals surface area contributed by atoms with Gasteiger partial charge in [0.25, 0.3) is 0 Å². The number of furan rings is 1. The molecule has 0 radical (unpaired) electrons. The minimum absolute atomic E-state index is 0.0278. The summed E-state index contributed by atoms with van der Waals surface area (Å²) in [4.78, 5) is 36.6. The summed E-state index contributed by atoms with van der Waals surface area (Å²) in [7, 11) is 0. The summed E-state index contributed by atoms with van der Waals surface area (Å²) in [6.07, 6.45) is 1.18. The molecule has 2 aromatic rings. The molecule has 0 unspecified atom stereocenters. The highest BCUT2D eigenvalue weighted by Crippen LogP contribution is 2.39. The van der Waals surface area contributed by atoms with Gasteiger partial charge in [-0.1, -0.05) is 11.6 Å². The average Bonchev–Trinajstić information content (AvgIpc) is 2.96. The Hall–Kier alpha value is -1.50. The molecule has 1 heterocycles. The van der Waals surface area contributed by atoms with Gasteiger partial charge in [0.15, 0.2) is 11.5 Å². The number of fused-ring (bicyclic) bond motifs is 1. The summed E-state index contributed by atoms with van der Waals surface area (Å²) in [6, 6.07) is 6.22. The molecule has 0 aliphatic heterocycles. The predicted molar refractivity (Wildman–Crippen MR) is 87.7 cm³/mol. The van der Waals surface area contributed by atoms with Gasteiger partial charge in [-0.3, -0.25) is 14.4 Å². The lowest BCUT2D eigenvalue weighted by Crippen LogP contribution is -2.21. The van der Waals surface area contributed by atoms with Gasteiger partial charge >= 0.3 is 0 Å². The molecule has 0 N–H and O–H groups in total. The number of hydrogen-bond donors (Lipinski definition) is 0. The van der Waals surface area contributed by atoms with Crippen LogP contribution in [0.15, 0.2) is 39.4 Å². The number of benzene rings is 1. The van der Waals surface area contributed by atoms with E-state index in [2.05, 4.69) is 31.9 Å². The largest absolute Gasteiger partial charge is 0.462 e. The molecule has 1 aromatic carbocycles. The van der Waals surface area contributed by atoms with Gasteiger partial charge < -0.3 is 4.42 Å². The van der Waals surface area contributed by atoms with Gasteiger partial charge in [-0.2, -0.15) is 0 Å². The van der Waals surface area contributed by atoms with Crippen LogP contribution in [0.3, 0.4) is 0 Å². The van der Waals surface area contributed by atoms with Crippen LogP contribution in [-0.4, -0.2) is 17.3 Å². The van der Waals surface area contributed by atoms with E-state index in [-0.39, 0.29) is 21.4 Å². The molecule has 110 valence electrons. The van der Waals surface area contributed by atoms with Gasteiger partial charge in [-0.15, -0.1) is 0 Å². The van der Waals surface area contributed by atoms with Crippen LogP contribution < -0.4 is 0 Å². The van der Waals surface area contributed by atoms with Gasteiger partial charge in [0, 0.05) is 10.6 Å². The Labute approximate surface area is 146 Å². The Kier molecular flexibility index (Phi) is 3.92. The molecule has 0 saturated carbocycles. The molecule has 7 heteroatoms. The second-order valence-electron chi connectivity index (χ2n) is 4.48. The third-order valence-corrected chi connectivity index (χ3v) is 5.46. The lowest BCUT2D eigenvalue weighted by molar-refractivity contribution is -0.111. The van der Waals surface area contributed by atoms with Crippen molar-refractivity contribution in [2.45, 2.75) is 0 Å². The number of rotatable bonds is 2. The molecule has 4 nitrogen and oxygen atoms in total. The number of ketones is 3. The Morgan fingerprint density at radius 3 is 2.27 bits per heavy atom. The molecular weight excluding hydrogens is 439 g/mol. The van der Waals surface area contributed by atoms with Crippen molar-refractivity contribution in [1.29, 1.82) is 0 Å². The Balaban J connectivity index is 2.14. The molecule has 0 fully saturated rings. The van der Waals surface area contributed by atoms with Gasteiger partial charge in [-0.25, -0.2) is 0 Å². The van der Waals surface area contributed by atoms with Crippen LogP contribution in [0, 0.1) is 0 Å². The van der Waals surface area contributed by atoms with Crippen molar-refractivity contribution in [3.8, 4) is 0 Å². The number of halogens is 3. The third kappa shape index (κ3) is 2.31. The quantitative estimate of drug-likeness (QED) is 0.509. The Morgan fingerprint density at radius 2 is 1.64 bits per heavy atom. The van der Waals surface area contributed by atoms with E-state index < -0.39 is 17.3 Å². The lowest BCUT2D eigenvalue weighted by atomic mass is 9.94. The van der Waals surface area contributed by atoms with Crippen LogP contribution in [0.25, 0.3) is 4.48 Å². The molecule has 0 amide bonds.